The molecule has 1 atom stereocenters. The minimum absolute atomic E-state index is 0.0128. The smallest absolute Gasteiger partial charge is 0.308 e. The first-order valence-electron chi connectivity index (χ1n) is 11.9. The Morgan fingerprint density at radius 1 is 1.11 bits per heavy atom. The monoisotopic (exact) mass is 496 g/mol. The normalized spacial score (nSPS) is 19.5. The molecule has 3 aromatic heterocycles. The van der Waals surface area contributed by atoms with Crippen LogP contribution in [0.2, 0.25) is 0 Å². The summed E-state index contributed by atoms with van der Waals surface area (Å²) >= 11 is 0. The number of esters is 1. The standard InChI is InChI=1S/C27H30F2N4O3/c1-16-12-21(32-24(13-16)33-23-14-18(25(28)29)10-11-30-23)19-6-9-22(31-15-19)27(2,35)20-7-4-17(5-8-20)26(34)36-3/h6,9-15,17,20,25,35H,4-5,7-8H2,1-3H3,(H,30,32,33)/t17-,20-,27?. The fourth-order valence-corrected chi connectivity index (χ4v) is 4.77. The molecule has 9 heteroatoms. The predicted octanol–water partition coefficient (Wildman–Crippen LogP) is 5.72. The van der Waals surface area contributed by atoms with Crippen molar-refractivity contribution in [2.24, 2.45) is 11.8 Å². The second-order valence-electron chi connectivity index (χ2n) is 9.47. The summed E-state index contributed by atoms with van der Waals surface area (Å²) < 4.78 is 30.9. The molecule has 4 rings (SSSR count). The highest BCUT2D eigenvalue weighted by molar-refractivity contribution is 5.72. The van der Waals surface area contributed by atoms with Crippen molar-refractivity contribution in [3.8, 4) is 11.3 Å². The first-order valence-corrected chi connectivity index (χ1v) is 11.9. The van der Waals surface area contributed by atoms with Gasteiger partial charge in [-0.1, -0.05) is 0 Å². The van der Waals surface area contributed by atoms with Crippen LogP contribution in [0.1, 0.15) is 55.9 Å². The lowest BCUT2D eigenvalue weighted by atomic mass is 9.73. The number of carbonyl (C=O) groups is 1. The number of aliphatic hydroxyl groups is 1. The molecule has 2 N–H and O–H groups in total. The zero-order chi connectivity index (χ0) is 25.9. The number of methoxy groups -OCH3 is 1. The van der Waals surface area contributed by atoms with E-state index in [0.717, 1.165) is 11.1 Å². The third-order valence-electron chi connectivity index (χ3n) is 6.90. The van der Waals surface area contributed by atoms with Gasteiger partial charge in [0, 0.05) is 23.5 Å². The third-order valence-corrected chi connectivity index (χ3v) is 6.90. The summed E-state index contributed by atoms with van der Waals surface area (Å²) in [5.74, 6) is 0.444. The van der Waals surface area contributed by atoms with Crippen LogP contribution in [-0.4, -0.2) is 33.1 Å². The number of rotatable bonds is 7. The number of hydrogen-bond acceptors (Lipinski definition) is 7. The van der Waals surface area contributed by atoms with Gasteiger partial charge in [-0.05, 0) is 87.4 Å². The maximum atomic E-state index is 13.0. The highest BCUT2D eigenvalue weighted by Crippen LogP contribution is 2.40. The third kappa shape index (κ3) is 5.67. The van der Waals surface area contributed by atoms with Crippen molar-refractivity contribution < 1.29 is 23.4 Å². The van der Waals surface area contributed by atoms with Crippen LogP contribution in [0.3, 0.4) is 0 Å². The fourth-order valence-electron chi connectivity index (χ4n) is 4.77. The summed E-state index contributed by atoms with van der Waals surface area (Å²) in [7, 11) is 1.40. The van der Waals surface area contributed by atoms with Gasteiger partial charge in [0.2, 0.25) is 0 Å². The van der Waals surface area contributed by atoms with Crippen molar-refractivity contribution in [2.75, 3.05) is 12.4 Å². The van der Waals surface area contributed by atoms with Crippen LogP contribution in [-0.2, 0) is 15.1 Å². The van der Waals surface area contributed by atoms with E-state index in [1.165, 1.54) is 25.4 Å². The number of ether oxygens (including phenoxy) is 1. The molecule has 0 radical (unpaired) electrons. The minimum atomic E-state index is -2.58. The van der Waals surface area contributed by atoms with Crippen molar-refractivity contribution in [1.82, 2.24) is 15.0 Å². The fraction of sp³-hybridized carbons (Fsp3) is 0.407. The number of carbonyl (C=O) groups excluding carboxylic acids is 1. The van der Waals surface area contributed by atoms with Crippen LogP contribution in [0, 0.1) is 18.8 Å². The number of aryl methyl sites for hydroxylation is 1. The van der Waals surface area contributed by atoms with E-state index in [2.05, 4.69) is 20.3 Å². The van der Waals surface area contributed by atoms with E-state index in [1.54, 1.807) is 25.3 Å². The van der Waals surface area contributed by atoms with Crippen LogP contribution in [0.25, 0.3) is 11.3 Å². The average Bonchev–Trinajstić information content (AvgIpc) is 2.88. The Morgan fingerprint density at radius 2 is 1.86 bits per heavy atom. The van der Waals surface area contributed by atoms with E-state index in [9.17, 15) is 18.7 Å². The van der Waals surface area contributed by atoms with Crippen molar-refractivity contribution in [3.05, 3.63) is 65.6 Å². The van der Waals surface area contributed by atoms with Crippen LogP contribution in [0.15, 0.2) is 48.8 Å². The van der Waals surface area contributed by atoms with Crippen LogP contribution < -0.4 is 5.32 Å². The predicted molar refractivity (Wildman–Crippen MR) is 132 cm³/mol. The largest absolute Gasteiger partial charge is 0.469 e. The van der Waals surface area contributed by atoms with Crippen molar-refractivity contribution in [3.63, 3.8) is 0 Å². The topological polar surface area (TPSA) is 97.2 Å². The minimum Gasteiger partial charge on any atom is -0.469 e. The van der Waals surface area contributed by atoms with Gasteiger partial charge in [-0.15, -0.1) is 0 Å². The molecule has 190 valence electrons. The molecule has 0 spiro atoms. The quantitative estimate of drug-likeness (QED) is 0.404. The Hall–Kier alpha value is -3.46. The summed E-state index contributed by atoms with van der Waals surface area (Å²) in [6, 6.07) is 9.93. The van der Waals surface area contributed by atoms with E-state index in [-0.39, 0.29) is 29.2 Å². The number of pyridine rings is 3. The van der Waals surface area contributed by atoms with Gasteiger partial charge in [-0.2, -0.15) is 0 Å². The van der Waals surface area contributed by atoms with E-state index in [4.69, 9.17) is 4.74 Å². The molecule has 1 aliphatic rings. The van der Waals surface area contributed by atoms with Crippen LogP contribution >= 0.6 is 0 Å². The Balaban J connectivity index is 1.50. The first kappa shape index (κ1) is 25.6. The lowest BCUT2D eigenvalue weighted by Crippen LogP contribution is -2.36. The Kier molecular flexibility index (Phi) is 7.59. The molecule has 1 saturated carbocycles. The van der Waals surface area contributed by atoms with E-state index in [0.29, 0.717) is 42.9 Å². The Bertz CT molecular complexity index is 1210. The summed E-state index contributed by atoms with van der Waals surface area (Å²) in [6.07, 6.45) is 3.21. The number of alkyl halides is 2. The summed E-state index contributed by atoms with van der Waals surface area (Å²) in [4.78, 5) is 25.1. The molecule has 1 unspecified atom stereocenters. The first-order chi connectivity index (χ1) is 17.2. The molecule has 1 aliphatic carbocycles. The maximum absolute atomic E-state index is 13.0. The number of aromatic nitrogens is 3. The van der Waals surface area contributed by atoms with Gasteiger partial charge in [0.25, 0.3) is 6.43 Å². The molecule has 3 heterocycles. The van der Waals surface area contributed by atoms with Gasteiger partial charge in [0.15, 0.2) is 0 Å². The summed E-state index contributed by atoms with van der Waals surface area (Å²) in [5.41, 5.74) is 1.64. The molecular weight excluding hydrogens is 466 g/mol. The van der Waals surface area contributed by atoms with Crippen molar-refractivity contribution >= 4 is 17.6 Å². The van der Waals surface area contributed by atoms with Crippen molar-refractivity contribution in [2.45, 2.75) is 51.6 Å². The number of anilines is 2. The Morgan fingerprint density at radius 3 is 2.50 bits per heavy atom. The van der Waals surface area contributed by atoms with Gasteiger partial charge in [-0.25, -0.2) is 18.7 Å². The highest BCUT2D eigenvalue weighted by Gasteiger charge is 2.39. The summed E-state index contributed by atoms with van der Waals surface area (Å²) in [6.45, 7) is 3.68. The van der Waals surface area contributed by atoms with E-state index in [1.807, 2.05) is 19.1 Å². The van der Waals surface area contributed by atoms with Gasteiger partial charge in [0.1, 0.15) is 17.2 Å². The molecule has 0 amide bonds. The lowest BCUT2D eigenvalue weighted by molar-refractivity contribution is -0.148. The van der Waals surface area contributed by atoms with Gasteiger partial charge in [0.05, 0.1) is 24.4 Å². The molecule has 0 bridgehead atoms. The van der Waals surface area contributed by atoms with E-state index >= 15 is 0 Å². The zero-order valence-corrected chi connectivity index (χ0v) is 20.5. The molecule has 36 heavy (non-hydrogen) atoms. The van der Waals surface area contributed by atoms with Crippen LogP contribution in [0.4, 0.5) is 20.4 Å². The highest BCUT2D eigenvalue weighted by atomic mass is 19.3. The SMILES string of the molecule is COC(=O)[C@H]1CC[C@H](C(C)(O)c2ccc(-c3cc(C)cc(Nc4cc(C(F)F)ccn4)n3)cn2)CC1. The van der Waals surface area contributed by atoms with E-state index < -0.39 is 12.0 Å². The molecule has 3 aromatic rings. The second kappa shape index (κ2) is 10.7. The molecule has 7 nitrogen and oxygen atoms in total. The number of nitrogens with one attached hydrogen (secondary N) is 1. The number of hydrogen-bond donors (Lipinski definition) is 2. The molecule has 0 aliphatic heterocycles. The summed E-state index contributed by atoms with van der Waals surface area (Å²) in [5, 5.41) is 14.3. The van der Waals surface area contributed by atoms with Gasteiger partial charge < -0.3 is 15.2 Å². The molecule has 0 aromatic carbocycles. The lowest BCUT2D eigenvalue weighted by Gasteiger charge is -2.37. The number of halogens is 2. The second-order valence-corrected chi connectivity index (χ2v) is 9.47. The zero-order valence-electron chi connectivity index (χ0n) is 20.5. The molecular formula is C27H30F2N4O3. The average molecular weight is 497 g/mol. The number of nitrogens with zero attached hydrogens (tertiary/aromatic N) is 3. The van der Waals surface area contributed by atoms with Crippen LogP contribution in [0.5, 0.6) is 0 Å². The van der Waals surface area contributed by atoms with Gasteiger partial charge in [-0.3, -0.25) is 9.78 Å². The molecule has 0 saturated heterocycles. The van der Waals surface area contributed by atoms with Crippen molar-refractivity contribution in [1.29, 1.82) is 0 Å². The van der Waals surface area contributed by atoms with Gasteiger partial charge >= 0.3 is 5.97 Å². The molecule has 1 fully saturated rings. The Labute approximate surface area is 209 Å². The maximum Gasteiger partial charge on any atom is 0.308 e.